The second-order valence-corrected chi connectivity index (χ2v) is 8.00. The summed E-state index contributed by atoms with van der Waals surface area (Å²) in [5.74, 6) is -2.76. The van der Waals surface area contributed by atoms with Gasteiger partial charge in [-0.25, -0.2) is 4.79 Å². The molecule has 2 rings (SSSR count). The SMILES string of the molecule is COC([O-])(C[C@@H](NC(=O)OC(C)(C)C)[C@H]1COC(C)(C)O1)c1ccccn1.[Li+]. The summed E-state index contributed by atoms with van der Waals surface area (Å²) in [6.45, 7) is 9.08. The number of alkyl carbamates (subject to hydrolysis) is 1. The van der Waals surface area contributed by atoms with Gasteiger partial charge in [0, 0.05) is 19.1 Å². The topological polar surface area (TPSA) is 102 Å². The molecule has 1 aromatic heterocycles. The smallest absolute Gasteiger partial charge is 0.824 e. The molecule has 1 saturated heterocycles. The molecule has 8 nitrogen and oxygen atoms in total. The number of pyridine rings is 1. The minimum absolute atomic E-state index is 0. The average molecular weight is 388 g/mol. The van der Waals surface area contributed by atoms with Gasteiger partial charge < -0.3 is 29.4 Å². The molecule has 2 heterocycles. The Kier molecular flexibility index (Phi) is 8.51. The summed E-state index contributed by atoms with van der Waals surface area (Å²) in [6, 6.07) is 4.33. The van der Waals surface area contributed by atoms with E-state index in [-0.39, 0.29) is 37.6 Å². The molecular weight excluding hydrogens is 359 g/mol. The molecule has 0 bridgehead atoms. The van der Waals surface area contributed by atoms with Crippen LogP contribution >= 0.6 is 0 Å². The van der Waals surface area contributed by atoms with E-state index < -0.39 is 35.4 Å². The Bertz CT molecular complexity index is 637. The first-order valence-electron chi connectivity index (χ1n) is 8.92. The van der Waals surface area contributed by atoms with Crippen LogP contribution in [0.15, 0.2) is 24.4 Å². The molecule has 0 aromatic carbocycles. The van der Waals surface area contributed by atoms with Crippen LogP contribution in [0.25, 0.3) is 0 Å². The first-order valence-corrected chi connectivity index (χ1v) is 8.92. The van der Waals surface area contributed by atoms with Crippen LogP contribution < -0.4 is 29.3 Å². The minimum Gasteiger partial charge on any atom is -0.824 e. The van der Waals surface area contributed by atoms with E-state index in [9.17, 15) is 9.90 Å². The minimum atomic E-state index is -1.96. The van der Waals surface area contributed by atoms with E-state index in [4.69, 9.17) is 18.9 Å². The zero-order valence-corrected chi connectivity index (χ0v) is 17.8. The van der Waals surface area contributed by atoms with E-state index in [0.717, 1.165) is 0 Å². The van der Waals surface area contributed by atoms with Crippen molar-refractivity contribution in [2.24, 2.45) is 0 Å². The van der Waals surface area contributed by atoms with Gasteiger partial charge in [0.25, 0.3) is 0 Å². The molecule has 1 aromatic rings. The number of carbonyl (C=O) groups excluding carboxylic acids is 1. The van der Waals surface area contributed by atoms with Gasteiger partial charge in [0.05, 0.1) is 18.3 Å². The maximum Gasteiger partial charge on any atom is 1.00 e. The Hall–Kier alpha value is -1.14. The molecule has 0 saturated carbocycles. The first kappa shape index (κ1) is 24.9. The van der Waals surface area contributed by atoms with Crippen LogP contribution in [0.1, 0.15) is 46.7 Å². The Labute approximate surface area is 178 Å². The van der Waals surface area contributed by atoms with Crippen molar-refractivity contribution in [3.63, 3.8) is 0 Å². The summed E-state index contributed by atoms with van der Waals surface area (Å²) in [6.07, 6.45) is 0.249. The first-order chi connectivity index (χ1) is 12.4. The maximum absolute atomic E-state index is 13.3. The molecule has 0 aliphatic carbocycles. The maximum atomic E-state index is 13.3. The van der Waals surface area contributed by atoms with Gasteiger partial charge in [0.2, 0.25) is 0 Å². The van der Waals surface area contributed by atoms with Crippen LogP contribution in [-0.2, 0) is 24.7 Å². The summed E-state index contributed by atoms with van der Waals surface area (Å²) in [7, 11) is 1.32. The zero-order chi connectivity index (χ0) is 20.3. The van der Waals surface area contributed by atoms with Gasteiger partial charge in [0.1, 0.15) is 11.7 Å². The van der Waals surface area contributed by atoms with Crippen LogP contribution in [0.5, 0.6) is 0 Å². The molecule has 1 fully saturated rings. The molecular formula is C19H29LiN2O6. The van der Waals surface area contributed by atoms with Crippen molar-refractivity contribution >= 4 is 6.09 Å². The fraction of sp³-hybridized carbons (Fsp3) is 0.684. The third kappa shape index (κ3) is 7.03. The van der Waals surface area contributed by atoms with Crippen LogP contribution in [0.2, 0.25) is 0 Å². The number of nitrogens with one attached hydrogen (secondary N) is 1. The van der Waals surface area contributed by atoms with Gasteiger partial charge >= 0.3 is 25.0 Å². The monoisotopic (exact) mass is 388 g/mol. The Morgan fingerprint density at radius 3 is 2.57 bits per heavy atom. The summed E-state index contributed by atoms with van der Waals surface area (Å²) in [5.41, 5.74) is -0.445. The van der Waals surface area contributed by atoms with Crippen LogP contribution in [0.4, 0.5) is 4.79 Å². The molecule has 0 spiro atoms. The van der Waals surface area contributed by atoms with Gasteiger partial charge in [0.15, 0.2) is 5.79 Å². The molecule has 9 heteroatoms. The summed E-state index contributed by atoms with van der Waals surface area (Å²) in [4.78, 5) is 16.4. The number of hydrogen-bond acceptors (Lipinski definition) is 7. The van der Waals surface area contributed by atoms with E-state index in [1.54, 1.807) is 52.8 Å². The van der Waals surface area contributed by atoms with Crippen molar-refractivity contribution in [3.8, 4) is 0 Å². The van der Waals surface area contributed by atoms with Crippen molar-refractivity contribution in [3.05, 3.63) is 30.1 Å². The summed E-state index contributed by atoms with van der Waals surface area (Å²) >= 11 is 0. The van der Waals surface area contributed by atoms with Gasteiger partial charge in [-0.3, -0.25) is 4.98 Å². The number of methoxy groups -OCH3 is 1. The molecule has 1 amide bonds. The number of rotatable bonds is 6. The average Bonchev–Trinajstić information content (AvgIpc) is 2.93. The second-order valence-electron chi connectivity index (χ2n) is 8.00. The van der Waals surface area contributed by atoms with Crippen LogP contribution in [0.3, 0.4) is 0 Å². The summed E-state index contributed by atoms with van der Waals surface area (Å²) < 4.78 is 22.0. The van der Waals surface area contributed by atoms with Crippen molar-refractivity contribution in [1.82, 2.24) is 10.3 Å². The van der Waals surface area contributed by atoms with E-state index in [2.05, 4.69) is 10.3 Å². The van der Waals surface area contributed by atoms with E-state index in [0.29, 0.717) is 0 Å². The van der Waals surface area contributed by atoms with Crippen molar-refractivity contribution in [1.29, 1.82) is 0 Å². The molecule has 1 aliphatic heterocycles. The van der Waals surface area contributed by atoms with E-state index in [1.807, 2.05) is 0 Å². The third-order valence-corrected chi connectivity index (χ3v) is 4.05. The summed E-state index contributed by atoms with van der Waals surface area (Å²) in [5, 5.41) is 16.0. The number of aromatic nitrogens is 1. The van der Waals surface area contributed by atoms with Crippen molar-refractivity contribution in [2.45, 2.75) is 70.4 Å². The molecule has 0 radical (unpaired) electrons. The molecule has 3 atom stereocenters. The number of hydrogen-bond donors (Lipinski definition) is 1. The Morgan fingerprint density at radius 2 is 2.11 bits per heavy atom. The van der Waals surface area contributed by atoms with Crippen molar-refractivity contribution in [2.75, 3.05) is 13.7 Å². The van der Waals surface area contributed by atoms with Gasteiger partial charge in [-0.15, -0.1) is 0 Å². The standard InChI is InChI=1S/C19H29N2O6.Li/c1-17(2,3)27-16(22)21-13(14-12-25-18(4,5)26-14)11-19(23,24-6)15-9-7-8-10-20-15;/h7-10,13-14H,11-12H2,1-6H3,(H,21,22);/q-1;+1/t13-,14-,19?;/m1./s1. The zero-order valence-electron chi connectivity index (χ0n) is 17.8. The van der Waals surface area contributed by atoms with Gasteiger partial charge in [-0.2, -0.15) is 0 Å². The third-order valence-electron chi connectivity index (χ3n) is 4.05. The number of ether oxygens (including phenoxy) is 4. The Balaban J connectivity index is 0.00000392. The predicted octanol–water partition coefficient (Wildman–Crippen LogP) is -1.32. The quantitative estimate of drug-likeness (QED) is 0.476. The van der Waals surface area contributed by atoms with Gasteiger partial charge in [-0.05, 0) is 53.2 Å². The van der Waals surface area contributed by atoms with E-state index >= 15 is 0 Å². The number of carbonyl (C=O) groups is 1. The Morgan fingerprint density at radius 1 is 1.43 bits per heavy atom. The van der Waals surface area contributed by atoms with E-state index in [1.165, 1.54) is 13.3 Å². The number of nitrogens with zero attached hydrogens (tertiary/aromatic N) is 1. The molecule has 1 aliphatic rings. The molecule has 1 unspecified atom stereocenters. The van der Waals surface area contributed by atoms with Crippen LogP contribution in [-0.4, -0.2) is 48.3 Å². The van der Waals surface area contributed by atoms with Crippen LogP contribution in [0, 0.1) is 0 Å². The fourth-order valence-electron chi connectivity index (χ4n) is 2.82. The normalized spacial score (nSPS) is 21.9. The molecule has 1 N–H and O–H groups in total. The largest absolute Gasteiger partial charge is 1.00 e. The fourth-order valence-corrected chi connectivity index (χ4v) is 2.82. The number of amides is 1. The molecule has 152 valence electrons. The molecule has 28 heavy (non-hydrogen) atoms. The van der Waals surface area contributed by atoms with Crippen molar-refractivity contribution < 1.29 is 47.7 Å². The van der Waals surface area contributed by atoms with Gasteiger partial charge in [-0.1, -0.05) is 6.07 Å². The predicted molar refractivity (Wildman–Crippen MR) is 95.6 cm³/mol. The second kappa shape index (κ2) is 9.57.